The van der Waals surface area contributed by atoms with Crippen molar-refractivity contribution >= 4 is 17.6 Å². The number of amides is 1. The van der Waals surface area contributed by atoms with E-state index in [2.05, 4.69) is 0 Å². The molecule has 0 spiro atoms. The minimum absolute atomic E-state index is 0.0246. The third kappa shape index (κ3) is 2.78. The van der Waals surface area contributed by atoms with Gasteiger partial charge in [0, 0.05) is 18.8 Å². The van der Waals surface area contributed by atoms with Crippen LogP contribution >= 0.6 is 0 Å². The average molecular weight is 290 g/mol. The SMILES string of the molecule is CCC(C)(CN)C(=O)N1CCCc2cc(C(=O)O)ccc21. The van der Waals surface area contributed by atoms with E-state index in [4.69, 9.17) is 10.8 Å². The van der Waals surface area contributed by atoms with E-state index < -0.39 is 11.4 Å². The molecular formula is C16H22N2O3. The van der Waals surface area contributed by atoms with Gasteiger partial charge in [0.15, 0.2) is 0 Å². The number of hydrogen-bond acceptors (Lipinski definition) is 3. The van der Waals surface area contributed by atoms with Crippen LogP contribution in [0.5, 0.6) is 0 Å². The fraction of sp³-hybridized carbons (Fsp3) is 0.500. The van der Waals surface area contributed by atoms with Gasteiger partial charge < -0.3 is 15.7 Å². The minimum atomic E-state index is -0.943. The largest absolute Gasteiger partial charge is 0.478 e. The molecule has 1 aliphatic rings. The van der Waals surface area contributed by atoms with Gasteiger partial charge in [0.05, 0.1) is 11.0 Å². The molecule has 5 nitrogen and oxygen atoms in total. The third-order valence-corrected chi connectivity index (χ3v) is 4.44. The molecule has 1 aliphatic heterocycles. The van der Waals surface area contributed by atoms with E-state index in [1.165, 1.54) is 0 Å². The molecule has 1 aromatic rings. The van der Waals surface area contributed by atoms with Gasteiger partial charge in [0.25, 0.3) is 0 Å². The highest BCUT2D eigenvalue weighted by molar-refractivity contribution is 5.99. The van der Waals surface area contributed by atoms with Crippen molar-refractivity contribution in [3.63, 3.8) is 0 Å². The number of aryl methyl sites for hydroxylation is 1. The second kappa shape index (κ2) is 5.85. The van der Waals surface area contributed by atoms with Crippen LogP contribution in [-0.4, -0.2) is 30.1 Å². The number of rotatable bonds is 4. The van der Waals surface area contributed by atoms with Gasteiger partial charge in [-0.2, -0.15) is 0 Å². The predicted molar refractivity (Wildman–Crippen MR) is 81.5 cm³/mol. The predicted octanol–water partition coefficient (Wildman–Crippen LogP) is 2.04. The van der Waals surface area contributed by atoms with Crippen LogP contribution in [0.3, 0.4) is 0 Å². The number of carbonyl (C=O) groups is 2. The first kappa shape index (κ1) is 15.5. The molecule has 0 aromatic heterocycles. The molecular weight excluding hydrogens is 268 g/mol. The molecule has 0 saturated carbocycles. The number of benzene rings is 1. The van der Waals surface area contributed by atoms with E-state index in [1.54, 1.807) is 23.1 Å². The minimum Gasteiger partial charge on any atom is -0.478 e. The second-order valence-corrected chi connectivity index (χ2v) is 5.83. The van der Waals surface area contributed by atoms with Crippen molar-refractivity contribution in [1.82, 2.24) is 0 Å². The first-order chi connectivity index (χ1) is 9.92. The maximum Gasteiger partial charge on any atom is 0.335 e. The molecule has 0 radical (unpaired) electrons. The van der Waals surface area contributed by atoms with Crippen molar-refractivity contribution in [3.05, 3.63) is 29.3 Å². The quantitative estimate of drug-likeness (QED) is 0.888. The first-order valence-electron chi connectivity index (χ1n) is 7.31. The molecule has 0 fully saturated rings. The van der Waals surface area contributed by atoms with Gasteiger partial charge in [-0.15, -0.1) is 0 Å². The lowest BCUT2D eigenvalue weighted by Gasteiger charge is -2.36. The molecule has 1 unspecified atom stereocenters. The van der Waals surface area contributed by atoms with Gasteiger partial charge >= 0.3 is 5.97 Å². The lowest BCUT2D eigenvalue weighted by atomic mass is 9.85. The first-order valence-corrected chi connectivity index (χ1v) is 7.31. The van der Waals surface area contributed by atoms with Crippen molar-refractivity contribution < 1.29 is 14.7 Å². The Kier molecular flexibility index (Phi) is 4.32. The Morgan fingerprint density at radius 1 is 1.43 bits per heavy atom. The van der Waals surface area contributed by atoms with Crippen LogP contribution in [0.15, 0.2) is 18.2 Å². The summed E-state index contributed by atoms with van der Waals surface area (Å²) in [7, 11) is 0. The lowest BCUT2D eigenvalue weighted by Crippen LogP contribution is -2.48. The fourth-order valence-corrected chi connectivity index (χ4v) is 2.65. The van der Waals surface area contributed by atoms with Crippen molar-refractivity contribution in [2.24, 2.45) is 11.1 Å². The molecule has 0 bridgehead atoms. The summed E-state index contributed by atoms with van der Waals surface area (Å²) in [5.41, 5.74) is 7.22. The standard InChI is InChI=1S/C16H22N2O3/c1-3-16(2,10-17)15(21)18-8-4-5-11-9-12(14(19)20)6-7-13(11)18/h6-7,9H,3-5,8,10,17H2,1-2H3,(H,19,20). The highest BCUT2D eigenvalue weighted by Gasteiger charge is 2.36. The van der Waals surface area contributed by atoms with Gasteiger partial charge in [0.1, 0.15) is 0 Å². The highest BCUT2D eigenvalue weighted by Crippen LogP contribution is 2.33. The molecule has 21 heavy (non-hydrogen) atoms. The molecule has 1 heterocycles. The molecule has 0 aliphatic carbocycles. The normalized spacial score (nSPS) is 17.0. The Labute approximate surface area is 124 Å². The van der Waals surface area contributed by atoms with Gasteiger partial charge in [-0.1, -0.05) is 6.92 Å². The zero-order valence-corrected chi connectivity index (χ0v) is 12.6. The number of anilines is 1. The van der Waals surface area contributed by atoms with E-state index in [9.17, 15) is 9.59 Å². The summed E-state index contributed by atoms with van der Waals surface area (Å²) in [6.45, 7) is 4.81. The molecule has 1 atom stereocenters. The van der Waals surface area contributed by atoms with Crippen LogP contribution in [0.25, 0.3) is 0 Å². The van der Waals surface area contributed by atoms with E-state index >= 15 is 0 Å². The maximum absolute atomic E-state index is 12.8. The van der Waals surface area contributed by atoms with Gasteiger partial charge in [-0.05, 0) is 49.9 Å². The Hall–Kier alpha value is -1.88. The number of nitrogens with zero attached hydrogens (tertiary/aromatic N) is 1. The van der Waals surface area contributed by atoms with Crippen LogP contribution in [0.4, 0.5) is 5.69 Å². The smallest absolute Gasteiger partial charge is 0.335 e. The Morgan fingerprint density at radius 3 is 2.71 bits per heavy atom. The van der Waals surface area contributed by atoms with E-state index in [0.717, 1.165) is 24.1 Å². The number of carboxylic acids is 1. The summed E-state index contributed by atoms with van der Waals surface area (Å²) in [4.78, 5) is 25.6. The van der Waals surface area contributed by atoms with E-state index in [1.807, 2.05) is 13.8 Å². The summed E-state index contributed by atoms with van der Waals surface area (Å²) >= 11 is 0. The highest BCUT2D eigenvalue weighted by atomic mass is 16.4. The average Bonchev–Trinajstić information content (AvgIpc) is 2.52. The summed E-state index contributed by atoms with van der Waals surface area (Å²) in [5, 5.41) is 9.07. The molecule has 0 saturated heterocycles. The number of carbonyl (C=O) groups excluding carboxylic acids is 1. The van der Waals surface area contributed by atoms with Crippen LogP contribution in [0, 0.1) is 5.41 Å². The fourth-order valence-electron chi connectivity index (χ4n) is 2.65. The van der Waals surface area contributed by atoms with E-state index in [-0.39, 0.29) is 11.5 Å². The number of carboxylic acid groups (broad SMARTS) is 1. The van der Waals surface area contributed by atoms with Gasteiger partial charge in [0.2, 0.25) is 5.91 Å². The zero-order valence-electron chi connectivity index (χ0n) is 12.6. The van der Waals surface area contributed by atoms with Crippen LogP contribution in [0.1, 0.15) is 42.6 Å². The van der Waals surface area contributed by atoms with Gasteiger partial charge in [-0.3, -0.25) is 4.79 Å². The van der Waals surface area contributed by atoms with Crippen LogP contribution in [0.2, 0.25) is 0 Å². The molecule has 5 heteroatoms. The molecule has 2 rings (SSSR count). The molecule has 114 valence electrons. The number of aromatic carboxylic acids is 1. The summed E-state index contributed by atoms with van der Waals surface area (Å²) in [6, 6.07) is 4.96. The Bertz CT molecular complexity index is 565. The van der Waals surface area contributed by atoms with E-state index in [0.29, 0.717) is 19.5 Å². The molecule has 1 aromatic carbocycles. The van der Waals surface area contributed by atoms with Gasteiger partial charge in [-0.25, -0.2) is 4.79 Å². The Morgan fingerprint density at radius 2 is 2.14 bits per heavy atom. The Balaban J connectivity index is 2.39. The second-order valence-electron chi connectivity index (χ2n) is 5.83. The number of nitrogens with two attached hydrogens (primary N) is 1. The van der Waals surface area contributed by atoms with Crippen molar-refractivity contribution in [1.29, 1.82) is 0 Å². The number of hydrogen-bond donors (Lipinski definition) is 2. The monoisotopic (exact) mass is 290 g/mol. The zero-order chi connectivity index (χ0) is 15.6. The maximum atomic E-state index is 12.8. The molecule has 1 amide bonds. The van der Waals surface area contributed by atoms with Crippen molar-refractivity contribution in [2.75, 3.05) is 18.0 Å². The lowest BCUT2D eigenvalue weighted by molar-refractivity contribution is -0.127. The third-order valence-electron chi connectivity index (χ3n) is 4.44. The summed E-state index contributed by atoms with van der Waals surface area (Å²) in [6.07, 6.45) is 2.32. The van der Waals surface area contributed by atoms with Crippen molar-refractivity contribution in [3.8, 4) is 0 Å². The van der Waals surface area contributed by atoms with Crippen molar-refractivity contribution in [2.45, 2.75) is 33.1 Å². The van der Waals surface area contributed by atoms with Crippen LogP contribution < -0.4 is 10.6 Å². The van der Waals surface area contributed by atoms with Crippen LogP contribution in [-0.2, 0) is 11.2 Å². The summed E-state index contributed by atoms with van der Waals surface area (Å²) < 4.78 is 0. The number of fused-ring (bicyclic) bond motifs is 1. The summed E-state index contributed by atoms with van der Waals surface area (Å²) in [5.74, 6) is -0.918. The molecule has 3 N–H and O–H groups in total. The topological polar surface area (TPSA) is 83.6 Å².